The molecular weight excluding hydrogens is 328 g/mol. The van der Waals surface area contributed by atoms with Crippen LogP contribution in [-0.4, -0.2) is 33.6 Å². The molecule has 0 N–H and O–H groups in total. The highest BCUT2D eigenvalue weighted by atomic mass is 32.2. The molecule has 126 valence electrons. The molecule has 0 radical (unpaired) electrons. The first-order valence-corrected chi connectivity index (χ1v) is 9.03. The lowest BCUT2D eigenvalue weighted by Gasteiger charge is -2.13. The van der Waals surface area contributed by atoms with Gasteiger partial charge >= 0.3 is 0 Å². The van der Waals surface area contributed by atoms with Crippen molar-refractivity contribution in [3.63, 3.8) is 0 Å². The van der Waals surface area contributed by atoms with Crippen LogP contribution in [0.1, 0.15) is 16.7 Å². The Labute approximate surface area is 141 Å². The van der Waals surface area contributed by atoms with Crippen LogP contribution >= 0.6 is 0 Å². The van der Waals surface area contributed by atoms with E-state index in [-0.39, 0.29) is 24.0 Å². The van der Waals surface area contributed by atoms with Crippen LogP contribution < -0.4 is 0 Å². The van der Waals surface area contributed by atoms with Gasteiger partial charge in [-0.05, 0) is 19.1 Å². The van der Waals surface area contributed by atoms with Crippen LogP contribution in [-0.2, 0) is 25.9 Å². The Hall–Kier alpha value is -2.27. The summed E-state index contributed by atoms with van der Waals surface area (Å²) in [5.41, 5.74) is 2.89. The molecule has 7 heteroatoms. The predicted octanol–water partition coefficient (Wildman–Crippen LogP) is 2.45. The molecule has 0 aliphatic rings. The summed E-state index contributed by atoms with van der Waals surface area (Å²) in [6.07, 6.45) is 1.04. The number of benzene rings is 1. The van der Waals surface area contributed by atoms with Gasteiger partial charge in [0, 0.05) is 24.5 Å². The Bertz CT molecular complexity index is 886. The summed E-state index contributed by atoms with van der Waals surface area (Å²) in [6, 6.07) is 11.0. The molecule has 0 fully saturated rings. The number of pyridine rings is 1. The van der Waals surface area contributed by atoms with Crippen LogP contribution in [0.2, 0.25) is 0 Å². The molecular formula is C17H18N2O4S. The summed E-state index contributed by atoms with van der Waals surface area (Å²) in [7, 11) is -2.12. The van der Waals surface area contributed by atoms with E-state index in [4.69, 9.17) is 9.47 Å². The SMILES string of the molecule is COCOCc1cc(C#N)c(S(C)(=O)=O)nc1-c1cccc(C)c1. The minimum absolute atomic E-state index is 0.00456. The van der Waals surface area contributed by atoms with Crippen molar-refractivity contribution in [2.75, 3.05) is 20.2 Å². The molecule has 1 aromatic carbocycles. The van der Waals surface area contributed by atoms with Crippen molar-refractivity contribution in [3.8, 4) is 17.3 Å². The molecule has 1 aromatic heterocycles. The lowest BCUT2D eigenvalue weighted by Crippen LogP contribution is -2.08. The van der Waals surface area contributed by atoms with Gasteiger partial charge in [0.05, 0.1) is 17.9 Å². The van der Waals surface area contributed by atoms with Crippen molar-refractivity contribution in [2.24, 2.45) is 0 Å². The van der Waals surface area contributed by atoms with E-state index >= 15 is 0 Å². The highest BCUT2D eigenvalue weighted by Crippen LogP contribution is 2.27. The van der Waals surface area contributed by atoms with Gasteiger partial charge in [0.25, 0.3) is 0 Å². The average Bonchev–Trinajstić information content (AvgIpc) is 2.53. The van der Waals surface area contributed by atoms with Gasteiger partial charge in [-0.1, -0.05) is 23.8 Å². The molecule has 0 aliphatic heterocycles. The van der Waals surface area contributed by atoms with Crippen LogP contribution in [0.15, 0.2) is 35.4 Å². The van der Waals surface area contributed by atoms with E-state index in [9.17, 15) is 13.7 Å². The van der Waals surface area contributed by atoms with Gasteiger partial charge in [-0.15, -0.1) is 0 Å². The van der Waals surface area contributed by atoms with E-state index < -0.39 is 9.84 Å². The maximum Gasteiger partial charge on any atom is 0.194 e. The number of ether oxygens (including phenoxy) is 2. The molecule has 24 heavy (non-hydrogen) atoms. The Morgan fingerprint density at radius 3 is 2.62 bits per heavy atom. The zero-order chi connectivity index (χ0) is 17.7. The molecule has 0 spiro atoms. The minimum Gasteiger partial charge on any atom is -0.359 e. The highest BCUT2D eigenvalue weighted by molar-refractivity contribution is 7.90. The first-order valence-electron chi connectivity index (χ1n) is 7.14. The van der Waals surface area contributed by atoms with Crippen molar-refractivity contribution in [1.29, 1.82) is 5.26 Å². The van der Waals surface area contributed by atoms with Gasteiger partial charge in [0.1, 0.15) is 12.9 Å². The fraction of sp³-hybridized carbons (Fsp3) is 0.294. The second-order valence-corrected chi connectivity index (χ2v) is 7.29. The van der Waals surface area contributed by atoms with Crippen LogP contribution in [0.4, 0.5) is 0 Å². The third-order valence-corrected chi connectivity index (χ3v) is 4.30. The summed E-state index contributed by atoms with van der Waals surface area (Å²) >= 11 is 0. The number of rotatable bonds is 6. The van der Waals surface area contributed by atoms with Gasteiger partial charge in [0.15, 0.2) is 14.9 Å². The number of methoxy groups -OCH3 is 1. The van der Waals surface area contributed by atoms with Crippen LogP contribution in [0, 0.1) is 18.3 Å². The molecule has 0 unspecified atom stereocenters. The second-order valence-electron chi connectivity index (χ2n) is 5.36. The molecule has 2 rings (SSSR count). The Morgan fingerprint density at radius 2 is 2.04 bits per heavy atom. The number of nitrogens with zero attached hydrogens (tertiary/aromatic N) is 2. The van der Waals surface area contributed by atoms with Gasteiger partial charge in [-0.25, -0.2) is 13.4 Å². The van der Waals surface area contributed by atoms with Gasteiger partial charge in [-0.2, -0.15) is 5.26 Å². The fourth-order valence-corrected chi connectivity index (χ4v) is 3.05. The van der Waals surface area contributed by atoms with Gasteiger partial charge in [0.2, 0.25) is 0 Å². The van der Waals surface area contributed by atoms with E-state index in [0.717, 1.165) is 17.4 Å². The molecule has 1 heterocycles. The normalized spacial score (nSPS) is 11.2. The fourth-order valence-electron chi connectivity index (χ4n) is 2.29. The molecule has 0 saturated heterocycles. The van der Waals surface area contributed by atoms with E-state index in [1.165, 1.54) is 13.2 Å². The Morgan fingerprint density at radius 1 is 1.29 bits per heavy atom. The van der Waals surface area contributed by atoms with E-state index in [2.05, 4.69) is 4.98 Å². The molecule has 0 aliphatic carbocycles. The molecule has 0 amide bonds. The van der Waals surface area contributed by atoms with E-state index in [0.29, 0.717) is 11.3 Å². The van der Waals surface area contributed by atoms with Crippen molar-refractivity contribution in [3.05, 3.63) is 47.0 Å². The Balaban J connectivity index is 2.66. The average molecular weight is 346 g/mol. The maximum absolute atomic E-state index is 12.0. The van der Waals surface area contributed by atoms with Gasteiger partial charge < -0.3 is 9.47 Å². The van der Waals surface area contributed by atoms with Crippen molar-refractivity contribution in [2.45, 2.75) is 18.6 Å². The largest absolute Gasteiger partial charge is 0.359 e. The summed E-state index contributed by atoms with van der Waals surface area (Å²) in [4.78, 5) is 4.27. The van der Waals surface area contributed by atoms with Crippen LogP contribution in [0.3, 0.4) is 0 Å². The summed E-state index contributed by atoms with van der Waals surface area (Å²) in [5, 5.41) is 9.04. The third kappa shape index (κ3) is 4.17. The number of sulfone groups is 1. The zero-order valence-electron chi connectivity index (χ0n) is 13.7. The number of aryl methyl sites for hydroxylation is 1. The Kier molecular flexibility index (Phi) is 5.67. The summed E-state index contributed by atoms with van der Waals surface area (Å²) in [6.45, 7) is 2.18. The summed E-state index contributed by atoms with van der Waals surface area (Å²) < 4.78 is 34.2. The summed E-state index contributed by atoms with van der Waals surface area (Å²) in [5.74, 6) is 0. The lowest BCUT2D eigenvalue weighted by molar-refractivity contribution is -0.0390. The quantitative estimate of drug-likeness (QED) is 0.589. The number of aromatic nitrogens is 1. The predicted molar refractivity (Wildman–Crippen MR) is 88.9 cm³/mol. The monoisotopic (exact) mass is 346 g/mol. The molecule has 0 atom stereocenters. The van der Waals surface area contributed by atoms with Gasteiger partial charge in [-0.3, -0.25) is 0 Å². The number of hydrogen-bond donors (Lipinski definition) is 0. The third-order valence-electron chi connectivity index (χ3n) is 3.29. The molecule has 2 aromatic rings. The first-order chi connectivity index (χ1) is 11.4. The number of nitriles is 1. The molecule has 6 nitrogen and oxygen atoms in total. The standard InChI is InChI=1S/C17H18N2O4S/c1-12-5-4-6-13(7-12)16-15(10-23-11-22-2)8-14(9-18)17(19-16)24(3,20)21/h4-8H,10-11H2,1-3H3. The lowest BCUT2D eigenvalue weighted by atomic mass is 10.0. The highest BCUT2D eigenvalue weighted by Gasteiger charge is 2.20. The first kappa shape index (κ1) is 18.1. The van der Waals surface area contributed by atoms with E-state index in [1.807, 2.05) is 37.3 Å². The van der Waals surface area contributed by atoms with Crippen LogP contribution in [0.25, 0.3) is 11.3 Å². The molecule has 0 bridgehead atoms. The number of hydrogen-bond acceptors (Lipinski definition) is 6. The van der Waals surface area contributed by atoms with Crippen molar-refractivity contribution >= 4 is 9.84 Å². The van der Waals surface area contributed by atoms with Crippen LogP contribution in [0.5, 0.6) is 0 Å². The minimum atomic E-state index is -3.63. The van der Waals surface area contributed by atoms with Crippen molar-refractivity contribution < 1.29 is 17.9 Å². The smallest absolute Gasteiger partial charge is 0.194 e. The van der Waals surface area contributed by atoms with Crippen molar-refractivity contribution in [1.82, 2.24) is 4.98 Å². The maximum atomic E-state index is 12.0. The second kappa shape index (κ2) is 7.53. The zero-order valence-corrected chi connectivity index (χ0v) is 14.6. The van der Waals surface area contributed by atoms with E-state index in [1.54, 1.807) is 0 Å². The topological polar surface area (TPSA) is 89.3 Å². The molecule has 0 saturated carbocycles.